The highest BCUT2D eigenvalue weighted by atomic mass is 19.1. The number of amides is 1. The molecule has 3 N–H and O–H groups in total. The lowest BCUT2D eigenvalue weighted by Gasteiger charge is -2.36. The van der Waals surface area contributed by atoms with Gasteiger partial charge in [-0.25, -0.2) is 4.39 Å². The Morgan fingerprint density at radius 3 is 2.39 bits per heavy atom. The van der Waals surface area contributed by atoms with Crippen molar-refractivity contribution in [3.8, 4) is 11.5 Å². The highest BCUT2D eigenvalue weighted by Crippen LogP contribution is 2.33. The molecule has 0 heterocycles. The van der Waals surface area contributed by atoms with Gasteiger partial charge in [-0.3, -0.25) is 4.79 Å². The summed E-state index contributed by atoms with van der Waals surface area (Å²) in [6.45, 7) is 0.776. The smallest absolute Gasteiger partial charge is 0.251 e. The van der Waals surface area contributed by atoms with Gasteiger partial charge in [0.25, 0.3) is 5.91 Å². The van der Waals surface area contributed by atoms with E-state index in [9.17, 15) is 19.4 Å². The Balaban J connectivity index is 1.38. The van der Waals surface area contributed by atoms with Gasteiger partial charge >= 0.3 is 0 Å². The van der Waals surface area contributed by atoms with Crippen LogP contribution in [0.15, 0.2) is 48.5 Å². The zero-order chi connectivity index (χ0) is 20.0. The maximum absolute atomic E-state index is 12.9. The van der Waals surface area contributed by atoms with Gasteiger partial charge in [0, 0.05) is 12.1 Å². The minimum atomic E-state index is -0.888. The number of carbonyl (C=O) groups excluding carboxylic acids is 1. The lowest BCUT2D eigenvalue weighted by atomic mass is 9.77. The van der Waals surface area contributed by atoms with Crippen molar-refractivity contribution in [1.82, 2.24) is 5.32 Å². The van der Waals surface area contributed by atoms with Gasteiger partial charge < -0.3 is 20.3 Å². The van der Waals surface area contributed by atoms with Crippen LogP contribution in [-0.2, 0) is 0 Å². The fraction of sp³-hybridized carbons (Fsp3) is 0.409. The van der Waals surface area contributed by atoms with Crippen molar-refractivity contribution < 1.29 is 24.1 Å². The van der Waals surface area contributed by atoms with Gasteiger partial charge in [0.1, 0.15) is 17.3 Å². The van der Waals surface area contributed by atoms with Crippen molar-refractivity contribution >= 4 is 5.91 Å². The Kier molecular flexibility index (Phi) is 6.52. The van der Waals surface area contributed by atoms with Gasteiger partial charge in [-0.1, -0.05) is 0 Å². The van der Waals surface area contributed by atoms with Crippen molar-refractivity contribution in [2.45, 2.75) is 37.7 Å². The van der Waals surface area contributed by atoms with Gasteiger partial charge in [-0.05, 0) is 86.6 Å². The average molecular weight is 387 g/mol. The van der Waals surface area contributed by atoms with E-state index in [-0.39, 0.29) is 24.0 Å². The Bertz CT molecular complexity index is 768. The lowest BCUT2D eigenvalue weighted by Crippen LogP contribution is -2.45. The lowest BCUT2D eigenvalue weighted by molar-refractivity contribution is -0.00977. The number of carbonyl (C=O) groups is 1. The van der Waals surface area contributed by atoms with E-state index in [4.69, 9.17) is 4.74 Å². The quantitative estimate of drug-likeness (QED) is 0.678. The van der Waals surface area contributed by atoms with Crippen LogP contribution in [0.2, 0.25) is 0 Å². The summed E-state index contributed by atoms with van der Waals surface area (Å²) in [5, 5.41) is 22.8. The molecule has 1 aliphatic carbocycles. The molecule has 1 amide bonds. The Morgan fingerprint density at radius 1 is 1.11 bits per heavy atom. The first-order valence-corrected chi connectivity index (χ1v) is 9.61. The molecule has 0 aliphatic heterocycles. The number of nitrogens with one attached hydrogen (secondary N) is 1. The standard InChI is InChI=1S/C22H26FNO4/c23-18-3-7-20(8-4-18)28-14-11-16-9-12-22(27,13-10-16)15-24-21(26)17-1-5-19(25)6-2-17/h1-8,16,25,27H,9-15H2,(H,24,26)/t16-,22-. The molecule has 28 heavy (non-hydrogen) atoms. The molecule has 1 fully saturated rings. The molecule has 1 aliphatic rings. The average Bonchev–Trinajstić information content (AvgIpc) is 2.70. The predicted octanol–water partition coefficient (Wildman–Crippen LogP) is 3.65. The van der Waals surface area contributed by atoms with Gasteiger partial charge in [0.15, 0.2) is 0 Å². The van der Waals surface area contributed by atoms with E-state index in [1.807, 2.05) is 0 Å². The number of hydrogen-bond acceptors (Lipinski definition) is 4. The topological polar surface area (TPSA) is 78.8 Å². The summed E-state index contributed by atoms with van der Waals surface area (Å²) in [5.41, 5.74) is -0.436. The van der Waals surface area contributed by atoms with Crippen LogP contribution < -0.4 is 10.1 Å². The van der Waals surface area contributed by atoms with Crippen LogP contribution in [0, 0.1) is 11.7 Å². The molecule has 150 valence electrons. The first kappa shape index (κ1) is 20.1. The van der Waals surface area contributed by atoms with E-state index < -0.39 is 5.60 Å². The van der Waals surface area contributed by atoms with Gasteiger partial charge in [0.05, 0.1) is 12.2 Å². The van der Waals surface area contributed by atoms with E-state index >= 15 is 0 Å². The van der Waals surface area contributed by atoms with Crippen LogP contribution >= 0.6 is 0 Å². The second-order valence-corrected chi connectivity index (χ2v) is 7.49. The molecule has 0 bridgehead atoms. The number of hydrogen-bond donors (Lipinski definition) is 3. The molecule has 0 unspecified atom stereocenters. The number of aliphatic hydroxyl groups is 1. The number of rotatable bonds is 7. The maximum Gasteiger partial charge on any atom is 0.251 e. The molecule has 2 aromatic carbocycles. The van der Waals surface area contributed by atoms with Crippen molar-refractivity contribution in [2.24, 2.45) is 5.92 Å². The third-order valence-electron chi connectivity index (χ3n) is 5.35. The van der Waals surface area contributed by atoms with Crippen molar-refractivity contribution in [3.63, 3.8) is 0 Å². The maximum atomic E-state index is 12.9. The largest absolute Gasteiger partial charge is 0.508 e. The SMILES string of the molecule is O=C(NC[C@]1(O)CC[C@H](CCOc2ccc(F)cc2)CC1)c1ccc(O)cc1. The molecule has 0 saturated heterocycles. The summed E-state index contributed by atoms with van der Waals surface area (Å²) in [5.74, 6) is 0.691. The number of phenolic OH excluding ortho intramolecular Hbond substituents is 1. The van der Waals surface area contributed by atoms with Crippen LogP contribution in [0.25, 0.3) is 0 Å². The summed E-state index contributed by atoms with van der Waals surface area (Å²) >= 11 is 0. The number of aromatic hydroxyl groups is 1. The summed E-state index contributed by atoms with van der Waals surface area (Å²) in [7, 11) is 0. The monoisotopic (exact) mass is 387 g/mol. The summed E-state index contributed by atoms with van der Waals surface area (Å²) in [4.78, 5) is 12.2. The Hall–Kier alpha value is -2.60. The number of benzene rings is 2. The van der Waals surface area contributed by atoms with Crippen molar-refractivity contribution in [2.75, 3.05) is 13.2 Å². The molecule has 3 rings (SSSR count). The van der Waals surface area contributed by atoms with Gasteiger partial charge in [0.2, 0.25) is 0 Å². The minimum Gasteiger partial charge on any atom is -0.508 e. The highest BCUT2D eigenvalue weighted by molar-refractivity contribution is 5.94. The first-order valence-electron chi connectivity index (χ1n) is 9.61. The van der Waals surface area contributed by atoms with E-state index in [0.717, 1.165) is 19.3 Å². The van der Waals surface area contributed by atoms with Crippen LogP contribution in [0.3, 0.4) is 0 Å². The second kappa shape index (κ2) is 9.06. The highest BCUT2D eigenvalue weighted by Gasteiger charge is 2.33. The van der Waals surface area contributed by atoms with Crippen molar-refractivity contribution in [1.29, 1.82) is 0 Å². The first-order chi connectivity index (χ1) is 13.4. The van der Waals surface area contributed by atoms with Crippen LogP contribution in [0.5, 0.6) is 11.5 Å². The normalized spacial score (nSPS) is 21.9. The van der Waals surface area contributed by atoms with E-state index in [2.05, 4.69) is 5.32 Å². The van der Waals surface area contributed by atoms with Crippen LogP contribution in [0.1, 0.15) is 42.5 Å². The predicted molar refractivity (Wildman–Crippen MR) is 104 cm³/mol. The molecule has 0 aromatic heterocycles. The summed E-state index contributed by atoms with van der Waals surface area (Å²) in [6, 6.07) is 12.0. The summed E-state index contributed by atoms with van der Waals surface area (Å²) in [6.07, 6.45) is 3.89. The van der Waals surface area contributed by atoms with E-state index in [0.29, 0.717) is 36.7 Å². The molecule has 5 nitrogen and oxygen atoms in total. The zero-order valence-electron chi connectivity index (χ0n) is 15.7. The molecular weight excluding hydrogens is 361 g/mol. The Labute approximate surface area is 164 Å². The van der Waals surface area contributed by atoms with Gasteiger partial charge in [-0.2, -0.15) is 0 Å². The number of phenols is 1. The fourth-order valence-corrected chi connectivity index (χ4v) is 3.51. The molecule has 0 atom stereocenters. The third kappa shape index (κ3) is 5.70. The zero-order valence-corrected chi connectivity index (χ0v) is 15.7. The molecule has 1 saturated carbocycles. The van der Waals surface area contributed by atoms with Crippen LogP contribution in [0.4, 0.5) is 4.39 Å². The second-order valence-electron chi connectivity index (χ2n) is 7.49. The minimum absolute atomic E-state index is 0.108. The molecule has 2 aromatic rings. The Morgan fingerprint density at radius 2 is 1.75 bits per heavy atom. The third-order valence-corrected chi connectivity index (χ3v) is 5.35. The van der Waals surface area contributed by atoms with Crippen molar-refractivity contribution in [3.05, 3.63) is 59.9 Å². The number of ether oxygens (including phenoxy) is 1. The molecule has 0 radical (unpaired) electrons. The van der Waals surface area contributed by atoms with E-state index in [1.54, 1.807) is 24.3 Å². The van der Waals surface area contributed by atoms with Gasteiger partial charge in [-0.15, -0.1) is 0 Å². The van der Waals surface area contributed by atoms with E-state index in [1.165, 1.54) is 24.3 Å². The molecule has 0 spiro atoms. The molecular formula is C22H26FNO4. The molecule has 6 heteroatoms. The summed E-state index contributed by atoms with van der Waals surface area (Å²) < 4.78 is 18.5. The fourth-order valence-electron chi connectivity index (χ4n) is 3.51. The van der Waals surface area contributed by atoms with Crippen LogP contribution in [-0.4, -0.2) is 34.9 Å². The number of halogens is 1.